The second-order valence-electron chi connectivity index (χ2n) is 6.73. The van der Waals surface area contributed by atoms with Gasteiger partial charge in [0, 0.05) is 18.2 Å². The number of halogens is 2. The van der Waals surface area contributed by atoms with Crippen molar-refractivity contribution in [3.8, 4) is 11.5 Å². The minimum absolute atomic E-state index is 0.0481. The molecule has 1 heterocycles. The number of pyridine rings is 1. The van der Waals surface area contributed by atoms with Gasteiger partial charge in [-0.05, 0) is 35.4 Å². The third-order valence-corrected chi connectivity index (χ3v) is 5.01. The number of benzene rings is 2. The summed E-state index contributed by atoms with van der Waals surface area (Å²) in [6.45, 7) is -0.316. The molecule has 3 rings (SSSR count). The number of aromatic nitrogens is 1. The number of hydrogen-bond acceptors (Lipinski definition) is 6. The number of esters is 1. The van der Waals surface area contributed by atoms with Crippen LogP contribution >= 0.6 is 12.2 Å². The van der Waals surface area contributed by atoms with Gasteiger partial charge in [0.25, 0.3) is 0 Å². The molecule has 0 amide bonds. The molecular weight excluding hydrogens is 438 g/mol. The van der Waals surface area contributed by atoms with Gasteiger partial charge in [-0.25, -0.2) is 13.8 Å². The topological polar surface area (TPSA) is 80.7 Å². The Morgan fingerprint density at radius 2 is 1.62 bits per heavy atom. The van der Waals surface area contributed by atoms with Crippen molar-refractivity contribution in [3.05, 3.63) is 89.2 Å². The van der Waals surface area contributed by atoms with Crippen LogP contribution in [0.5, 0.6) is 11.5 Å². The van der Waals surface area contributed by atoms with E-state index < -0.39 is 23.5 Å². The number of hydrogen-bond donors (Lipinski definition) is 2. The third-order valence-electron chi connectivity index (χ3n) is 4.67. The van der Waals surface area contributed by atoms with E-state index >= 15 is 0 Å². The van der Waals surface area contributed by atoms with Gasteiger partial charge in [0.1, 0.15) is 35.5 Å². The van der Waals surface area contributed by atoms with Crippen molar-refractivity contribution in [2.45, 2.75) is 5.92 Å². The number of carbonyl (C=O) groups excluding carboxylic acids is 1. The molecule has 0 spiro atoms. The van der Waals surface area contributed by atoms with Crippen LogP contribution in [0.25, 0.3) is 0 Å². The molecule has 2 N–H and O–H groups in total. The Labute approximate surface area is 188 Å². The van der Waals surface area contributed by atoms with Crippen LogP contribution in [-0.4, -0.2) is 41.3 Å². The predicted octanol–water partition coefficient (Wildman–Crippen LogP) is 3.71. The number of aromatic hydroxyl groups is 1. The number of thiocarbonyl (C=S) groups is 1. The Hall–Kier alpha value is -3.59. The molecule has 0 bridgehead atoms. The molecule has 0 atom stereocenters. The van der Waals surface area contributed by atoms with Gasteiger partial charge in [-0.3, -0.25) is 4.79 Å². The van der Waals surface area contributed by atoms with Crippen molar-refractivity contribution < 1.29 is 28.2 Å². The van der Waals surface area contributed by atoms with Crippen molar-refractivity contribution in [1.82, 2.24) is 10.3 Å². The molecule has 0 aliphatic heterocycles. The average molecular weight is 458 g/mol. The standard InChI is InChI=1S/C23H20F2N2O4S/c1-30-19-10-11-26-21(22(19)29)23(32)27-12-20(28)31-13-18(14-2-6-16(24)7-3-14)15-4-8-17(25)9-5-15/h2-11,18,29H,12-13H2,1H3,(H,27,32). The van der Waals surface area contributed by atoms with Crippen molar-refractivity contribution in [3.63, 3.8) is 0 Å². The predicted molar refractivity (Wildman–Crippen MR) is 118 cm³/mol. The lowest BCUT2D eigenvalue weighted by atomic mass is 9.92. The molecule has 9 heteroatoms. The first kappa shape index (κ1) is 23.1. The molecule has 0 aliphatic carbocycles. The quantitative estimate of drug-likeness (QED) is 0.393. The molecule has 0 aliphatic rings. The third kappa shape index (κ3) is 5.76. The van der Waals surface area contributed by atoms with Gasteiger partial charge >= 0.3 is 5.97 Å². The molecule has 2 aromatic carbocycles. The highest BCUT2D eigenvalue weighted by Crippen LogP contribution is 2.28. The molecule has 32 heavy (non-hydrogen) atoms. The van der Waals surface area contributed by atoms with Crippen molar-refractivity contribution in [2.24, 2.45) is 0 Å². The van der Waals surface area contributed by atoms with E-state index in [0.717, 1.165) is 0 Å². The van der Waals surface area contributed by atoms with E-state index in [0.29, 0.717) is 11.1 Å². The van der Waals surface area contributed by atoms with Gasteiger partial charge in [0.2, 0.25) is 0 Å². The highest BCUT2D eigenvalue weighted by atomic mass is 32.1. The van der Waals surface area contributed by atoms with E-state index in [4.69, 9.17) is 21.7 Å². The summed E-state index contributed by atoms with van der Waals surface area (Å²) >= 11 is 5.18. The summed E-state index contributed by atoms with van der Waals surface area (Å²) in [6, 6.07) is 13.0. The Morgan fingerprint density at radius 1 is 1.06 bits per heavy atom. The summed E-state index contributed by atoms with van der Waals surface area (Å²) in [4.78, 5) is 16.3. The maximum absolute atomic E-state index is 13.3. The maximum Gasteiger partial charge on any atom is 0.325 e. The number of carbonyl (C=O) groups is 1. The fraction of sp³-hybridized carbons (Fsp3) is 0.174. The van der Waals surface area contributed by atoms with Crippen LogP contribution in [0.15, 0.2) is 60.8 Å². The van der Waals surface area contributed by atoms with Gasteiger partial charge in [0.15, 0.2) is 11.5 Å². The molecule has 6 nitrogen and oxygen atoms in total. The number of nitrogens with zero attached hydrogens (tertiary/aromatic N) is 1. The SMILES string of the molecule is COc1ccnc(C(=S)NCC(=O)OCC(c2ccc(F)cc2)c2ccc(F)cc2)c1O. The highest BCUT2D eigenvalue weighted by Gasteiger charge is 2.19. The minimum atomic E-state index is -0.607. The lowest BCUT2D eigenvalue weighted by molar-refractivity contribution is -0.142. The first-order valence-corrected chi connectivity index (χ1v) is 9.96. The van der Waals surface area contributed by atoms with E-state index in [-0.39, 0.29) is 35.3 Å². The van der Waals surface area contributed by atoms with Crippen molar-refractivity contribution >= 4 is 23.2 Å². The van der Waals surface area contributed by atoms with E-state index in [1.807, 2.05) is 0 Å². The normalized spacial score (nSPS) is 10.6. The van der Waals surface area contributed by atoms with E-state index in [1.54, 1.807) is 24.3 Å². The lowest BCUT2D eigenvalue weighted by Gasteiger charge is -2.18. The smallest absolute Gasteiger partial charge is 0.325 e. The summed E-state index contributed by atoms with van der Waals surface area (Å²) < 4.78 is 37.0. The zero-order valence-corrected chi connectivity index (χ0v) is 17.9. The van der Waals surface area contributed by atoms with Crippen molar-refractivity contribution in [2.75, 3.05) is 20.3 Å². The summed E-state index contributed by atoms with van der Waals surface area (Å²) in [6.07, 6.45) is 1.41. The number of methoxy groups -OCH3 is 1. The molecule has 1 aromatic heterocycles. The van der Waals surface area contributed by atoms with Crippen LogP contribution in [0.2, 0.25) is 0 Å². The van der Waals surface area contributed by atoms with Crippen LogP contribution in [0.1, 0.15) is 22.7 Å². The van der Waals surface area contributed by atoms with Gasteiger partial charge in [-0.2, -0.15) is 0 Å². The molecule has 0 fully saturated rings. The number of nitrogens with one attached hydrogen (secondary N) is 1. The number of ether oxygens (including phenoxy) is 2. The second kappa shape index (κ2) is 10.6. The summed E-state index contributed by atoms with van der Waals surface area (Å²) in [5.41, 5.74) is 1.49. The summed E-state index contributed by atoms with van der Waals surface area (Å²) in [5, 5.41) is 12.8. The first-order valence-electron chi connectivity index (χ1n) is 9.55. The largest absolute Gasteiger partial charge is 0.503 e. The van der Waals surface area contributed by atoms with Crippen LogP contribution in [0.4, 0.5) is 8.78 Å². The molecule has 166 valence electrons. The van der Waals surface area contributed by atoms with Gasteiger partial charge in [0.05, 0.1) is 7.11 Å². The Morgan fingerprint density at radius 3 is 2.16 bits per heavy atom. The van der Waals surface area contributed by atoms with Gasteiger partial charge < -0.3 is 19.9 Å². The Bertz CT molecular complexity index is 1050. The Balaban J connectivity index is 1.64. The fourth-order valence-corrected chi connectivity index (χ4v) is 3.23. The van der Waals surface area contributed by atoms with Crippen LogP contribution in [0, 0.1) is 11.6 Å². The average Bonchev–Trinajstić information content (AvgIpc) is 2.80. The molecule has 3 aromatic rings. The van der Waals surface area contributed by atoms with Crippen LogP contribution < -0.4 is 10.1 Å². The summed E-state index contributed by atoms with van der Waals surface area (Å²) in [7, 11) is 1.39. The maximum atomic E-state index is 13.3. The van der Waals surface area contributed by atoms with Gasteiger partial charge in [-0.1, -0.05) is 36.5 Å². The fourth-order valence-electron chi connectivity index (χ4n) is 3.01. The molecule has 0 unspecified atom stereocenters. The van der Waals surface area contributed by atoms with E-state index in [1.165, 1.54) is 43.6 Å². The van der Waals surface area contributed by atoms with E-state index in [2.05, 4.69) is 10.3 Å². The van der Waals surface area contributed by atoms with Gasteiger partial charge in [-0.15, -0.1) is 0 Å². The zero-order chi connectivity index (χ0) is 23.1. The molecule has 0 saturated carbocycles. The zero-order valence-electron chi connectivity index (χ0n) is 17.0. The molecular formula is C23H20F2N2O4S. The van der Waals surface area contributed by atoms with Crippen molar-refractivity contribution in [1.29, 1.82) is 0 Å². The second-order valence-corrected chi connectivity index (χ2v) is 7.14. The molecule has 0 saturated heterocycles. The minimum Gasteiger partial charge on any atom is -0.503 e. The Kier molecular flexibility index (Phi) is 7.67. The van der Waals surface area contributed by atoms with E-state index in [9.17, 15) is 18.7 Å². The van der Waals surface area contributed by atoms with Crippen LogP contribution in [-0.2, 0) is 9.53 Å². The first-order chi connectivity index (χ1) is 15.4. The number of rotatable bonds is 8. The summed E-state index contributed by atoms with van der Waals surface area (Å²) in [5.74, 6) is -1.86. The van der Waals surface area contributed by atoms with Crippen LogP contribution in [0.3, 0.4) is 0 Å². The molecule has 0 radical (unpaired) electrons. The monoisotopic (exact) mass is 458 g/mol. The lowest BCUT2D eigenvalue weighted by Crippen LogP contribution is -2.31. The highest BCUT2D eigenvalue weighted by molar-refractivity contribution is 7.80.